The van der Waals surface area contributed by atoms with Gasteiger partial charge in [-0.15, -0.1) is 167 Å². The molecule has 5 radical (unpaired) electrons. The Labute approximate surface area is 751 Å². The van der Waals surface area contributed by atoms with Crippen molar-refractivity contribution in [3.05, 3.63) is 375 Å². The number of halogens is 1. The summed E-state index contributed by atoms with van der Waals surface area (Å²) in [6.45, 7) is 14.5. The van der Waals surface area contributed by atoms with Crippen LogP contribution in [0.5, 0.6) is 0 Å². The second-order valence-corrected chi connectivity index (χ2v) is 25.7. The number of benzene rings is 11. The maximum atomic E-state index is 12.9. The van der Waals surface area contributed by atoms with Crippen molar-refractivity contribution in [3.8, 4) is 45.0 Å². The predicted molar refractivity (Wildman–Crippen MR) is 454 cm³/mol. The van der Waals surface area contributed by atoms with Crippen molar-refractivity contribution in [2.45, 2.75) is 86.7 Å². The van der Waals surface area contributed by atoms with Crippen molar-refractivity contribution >= 4 is 75.7 Å². The van der Waals surface area contributed by atoms with Crippen LogP contribution in [0.4, 0.5) is 4.39 Å². The number of aliphatic hydroxyl groups excluding tert-OH is 8. The summed E-state index contributed by atoms with van der Waals surface area (Å²) in [5, 5.41) is 81.6. The number of rotatable bonds is 8. The molecular weight excluding hydrogens is 2360 g/mol. The average molecular weight is 2450 g/mol. The van der Waals surface area contributed by atoms with Gasteiger partial charge in [-0.3, -0.25) is 9.37 Å². The Morgan fingerprint density at radius 3 is 0.983 bits per heavy atom. The van der Waals surface area contributed by atoms with Crippen LogP contribution in [0.2, 0.25) is 0 Å². The van der Waals surface area contributed by atoms with Gasteiger partial charge in [0.15, 0.2) is 0 Å². The molecule has 0 saturated heterocycles. The van der Waals surface area contributed by atoms with Crippen molar-refractivity contribution in [1.82, 2.24) is 29.9 Å². The van der Waals surface area contributed by atoms with E-state index in [1.165, 1.54) is 113 Å². The monoisotopic (exact) mass is 2450 g/mol. The van der Waals surface area contributed by atoms with Crippen molar-refractivity contribution in [3.63, 3.8) is 0 Å². The summed E-state index contributed by atoms with van der Waals surface area (Å²) in [6.07, 6.45) is 14.1. The van der Waals surface area contributed by atoms with E-state index in [-0.39, 0.29) is 129 Å². The molecule has 16 rings (SSSR count). The van der Waals surface area contributed by atoms with Crippen LogP contribution in [-0.4, -0.2) is 95.2 Å². The normalized spacial score (nSPS) is 11.7. The molecule has 0 saturated carbocycles. The van der Waals surface area contributed by atoms with E-state index in [0.717, 1.165) is 77.6 Å². The topological polar surface area (TPSA) is 239 Å². The molecule has 8 N–H and O–H groups in total. The Morgan fingerprint density at radius 2 is 0.624 bits per heavy atom. The first-order valence-corrected chi connectivity index (χ1v) is 36.1. The maximum absolute atomic E-state index is 12.9. The quantitative estimate of drug-likeness (QED) is 0.0401. The number of aryl methyl sites for hydroxylation is 1. The zero-order chi connectivity index (χ0) is 80.3. The van der Waals surface area contributed by atoms with E-state index in [2.05, 4.69) is 140 Å². The fourth-order valence-corrected chi connectivity index (χ4v) is 11.7. The third-order valence-electron chi connectivity index (χ3n) is 16.2. The van der Waals surface area contributed by atoms with Crippen LogP contribution in [-0.2, 0) is 101 Å². The second-order valence-electron chi connectivity index (χ2n) is 25.7. The summed E-state index contributed by atoms with van der Waals surface area (Å²) in [4.78, 5) is 26.7. The number of hydrogen-bond acceptors (Lipinski definition) is 14. The van der Waals surface area contributed by atoms with Gasteiger partial charge < -0.3 is 65.8 Å². The van der Waals surface area contributed by atoms with E-state index < -0.39 is 24.4 Å². The van der Waals surface area contributed by atoms with Crippen LogP contribution >= 0.6 is 0 Å². The van der Waals surface area contributed by atoms with Crippen molar-refractivity contribution in [2.75, 3.05) is 0 Å². The van der Waals surface area contributed by atoms with Gasteiger partial charge in [-0.25, -0.2) is 0 Å². The SMILES string of the molecule is CC(O)=CC(C)O.CC(O)=CC(C)O.CC(O)=CC(C)O.CC(O)=CC(C)O.Cc1cccc2c(-c3[c-]cccc3)nccc12.Fc1c[c-]c(-c2nccc3ccccc23)cc1.[Ir].[Ir].[Ir].[Ir].[Ir].[c-]1cccc2c1c1nccnc1c1ccccc21.[c-]1ccccc1-c1nccc2ccccc12.[c-]1ccccc1-c1nccc2ccccc12. The van der Waals surface area contributed by atoms with Gasteiger partial charge in [-0.1, -0.05) is 126 Å². The molecule has 0 fully saturated rings. The molecule has 14 nitrogen and oxygen atoms in total. The molecule has 16 aromatic rings. The molecule has 0 aliphatic carbocycles. The van der Waals surface area contributed by atoms with Crippen LogP contribution in [0.15, 0.2) is 333 Å². The summed E-state index contributed by atoms with van der Waals surface area (Å²) >= 11 is 0. The number of fused-ring (bicyclic) bond motifs is 10. The summed E-state index contributed by atoms with van der Waals surface area (Å²) in [5.74, 6) is 0.365. The van der Waals surface area contributed by atoms with E-state index >= 15 is 0 Å². The van der Waals surface area contributed by atoms with Gasteiger partial charge in [0.1, 0.15) is 0 Å². The third-order valence-corrected chi connectivity index (χ3v) is 16.2. The van der Waals surface area contributed by atoms with Crippen LogP contribution in [0.25, 0.3) is 121 Å². The summed E-state index contributed by atoms with van der Waals surface area (Å²) in [5.41, 5.74) is 10.9. The number of aromatic nitrogens is 6. The first kappa shape index (κ1) is 101. The van der Waals surface area contributed by atoms with Gasteiger partial charge in [-0.05, 0) is 188 Å². The predicted octanol–water partition coefficient (Wildman–Crippen LogP) is 22.3. The molecule has 117 heavy (non-hydrogen) atoms. The van der Waals surface area contributed by atoms with Gasteiger partial charge in [0.05, 0.1) is 53.0 Å². The number of pyridine rings is 4. The smallest absolute Gasteiger partial charge is 0.0877 e. The molecule has 0 aliphatic heterocycles. The van der Waals surface area contributed by atoms with Gasteiger partial charge >= 0.3 is 0 Å². The molecule has 11 aromatic carbocycles. The number of allylic oxidation sites excluding steroid dienone is 4. The summed E-state index contributed by atoms with van der Waals surface area (Å²) in [6, 6.07) is 97.4. The molecule has 0 spiro atoms. The molecule has 20 heteroatoms. The van der Waals surface area contributed by atoms with Crippen LogP contribution < -0.4 is 0 Å². The Balaban J connectivity index is 0.000000347. The minimum absolute atomic E-state index is 0. The zero-order valence-electron chi connectivity index (χ0n) is 65.6. The number of hydrogen-bond donors (Lipinski definition) is 8. The number of aliphatic hydroxyl groups is 8. The van der Waals surface area contributed by atoms with Gasteiger partial charge in [0.2, 0.25) is 0 Å². The third kappa shape index (κ3) is 32.5. The van der Waals surface area contributed by atoms with Gasteiger partial charge in [0, 0.05) is 149 Å². The molecule has 4 atom stereocenters. The molecule has 5 aromatic heterocycles. The number of nitrogens with zero attached hydrogens (tertiary/aromatic N) is 6. The van der Waals surface area contributed by atoms with Crippen LogP contribution in [0.1, 0.15) is 61.0 Å². The molecular formula is C97H90FIr5N6O8-5. The van der Waals surface area contributed by atoms with Crippen molar-refractivity contribution in [2.24, 2.45) is 0 Å². The van der Waals surface area contributed by atoms with Gasteiger partial charge in [0.25, 0.3) is 0 Å². The van der Waals surface area contributed by atoms with Crippen LogP contribution in [0.3, 0.4) is 0 Å². The Kier molecular flexibility index (Phi) is 46.3. The first-order chi connectivity index (χ1) is 54.1. The summed E-state index contributed by atoms with van der Waals surface area (Å²) < 4.78 is 12.9. The Morgan fingerprint density at radius 1 is 0.299 bits per heavy atom. The van der Waals surface area contributed by atoms with E-state index in [9.17, 15) is 4.39 Å². The van der Waals surface area contributed by atoms with E-state index in [1.807, 2.05) is 176 Å². The minimum Gasteiger partial charge on any atom is -0.513 e. The standard InChI is InChI=1S/C16H9N2.C16H12N.C15H9FN.2C15H10N.4C5H10O2.5Ir/c1-3-7-13-11(5-1)12-6-2-4-8-14(12)16-15(13)17-9-10-18-16;1-12-6-5-9-15-14(12)10-11-17-16(15)13-7-3-2-4-8-13;16-13-7-5-12(6-8-13)15-14-4-2-1-3-11(14)9-10-17-15;2*1-2-7-13(8-3-1)15-14-9-5-4-6-12(14)10-11-16-15;4*1-4(6)3-5(2)7;;;;;/h1-7,9-10H;2-7,9-11H,1H3;1-5,7-10H;2*1-7,9-11H;4*3-4,6-7H,1-2H3;;;;;/q5*-1;;;;;;;;;. The fourth-order valence-electron chi connectivity index (χ4n) is 11.7. The van der Waals surface area contributed by atoms with Crippen LogP contribution in [0, 0.1) is 43.1 Å². The van der Waals surface area contributed by atoms with Crippen molar-refractivity contribution < 1.29 is 146 Å². The molecule has 5 heterocycles. The first-order valence-electron chi connectivity index (χ1n) is 36.1. The van der Waals surface area contributed by atoms with Crippen molar-refractivity contribution in [1.29, 1.82) is 0 Å². The van der Waals surface area contributed by atoms with E-state index in [1.54, 1.807) is 52.4 Å². The molecule has 613 valence electrons. The Bertz CT molecular complexity index is 5320. The minimum atomic E-state index is -0.537. The Hall–Kier alpha value is -9.90. The molecule has 0 amide bonds. The fraction of sp³-hybridized carbons (Fsp3) is 0.134. The summed E-state index contributed by atoms with van der Waals surface area (Å²) in [7, 11) is 0. The average Bonchev–Trinajstić information content (AvgIpc) is 0.751. The van der Waals surface area contributed by atoms with E-state index in [0.29, 0.717) is 0 Å². The van der Waals surface area contributed by atoms with Gasteiger partial charge in [-0.2, -0.15) is 0 Å². The second kappa shape index (κ2) is 53.4. The van der Waals surface area contributed by atoms with E-state index in [4.69, 9.17) is 40.9 Å². The molecule has 0 bridgehead atoms. The maximum Gasteiger partial charge on any atom is 0.0877 e. The largest absolute Gasteiger partial charge is 0.513 e. The molecule has 4 unspecified atom stereocenters. The zero-order valence-corrected chi connectivity index (χ0v) is 77.5. The molecule has 0 aliphatic rings.